The maximum atomic E-state index is 12.0. The first kappa shape index (κ1) is 17.3. The van der Waals surface area contributed by atoms with Crippen molar-refractivity contribution in [1.82, 2.24) is 0 Å². The van der Waals surface area contributed by atoms with Gasteiger partial charge in [0.2, 0.25) is 0 Å². The minimum absolute atomic E-state index is 0.0637. The average molecular weight is 334 g/mol. The van der Waals surface area contributed by atoms with E-state index in [9.17, 15) is 4.79 Å². The molecule has 1 unspecified atom stereocenters. The second kappa shape index (κ2) is 8.56. The molecule has 0 saturated heterocycles. The summed E-state index contributed by atoms with van der Waals surface area (Å²) in [4.78, 5) is 13.1. The number of nitrogens with one attached hydrogen (secondary N) is 2. The van der Waals surface area contributed by atoms with E-state index < -0.39 is 0 Å². The van der Waals surface area contributed by atoms with Crippen molar-refractivity contribution in [2.75, 3.05) is 32.1 Å². The lowest BCUT2D eigenvalue weighted by Gasteiger charge is -2.15. The Balaban J connectivity index is 1.73. The Labute approximate surface area is 142 Å². The van der Waals surface area contributed by atoms with E-state index in [0.717, 1.165) is 17.2 Å². The summed E-state index contributed by atoms with van der Waals surface area (Å²) in [7, 11) is 1.96. The molecule has 2 N–H and O–H groups in total. The van der Waals surface area contributed by atoms with Gasteiger partial charge in [-0.05, 0) is 36.8 Å². The molecule has 2 aromatic carbocycles. The Kier molecular flexibility index (Phi) is 6.44. The first-order chi connectivity index (χ1) is 11.0. The Hall–Kier alpha value is -2.04. The number of amides is 1. The van der Waals surface area contributed by atoms with Crippen LogP contribution in [0.4, 0.5) is 5.69 Å². The van der Waals surface area contributed by atoms with E-state index in [1.807, 2.05) is 50.4 Å². The monoisotopic (exact) mass is 333 g/mol. The van der Waals surface area contributed by atoms with Gasteiger partial charge in [0.15, 0.2) is 6.54 Å². The molecule has 0 heterocycles. The molecule has 2 aromatic rings. The second-order valence-corrected chi connectivity index (χ2v) is 5.98. The van der Waals surface area contributed by atoms with Crippen molar-refractivity contribution in [2.24, 2.45) is 0 Å². The molecule has 0 radical (unpaired) electrons. The fourth-order valence-corrected chi connectivity index (χ4v) is 2.35. The second-order valence-electron chi connectivity index (χ2n) is 5.58. The number of anilines is 1. The van der Waals surface area contributed by atoms with Gasteiger partial charge in [0.25, 0.3) is 5.91 Å². The Bertz CT molecular complexity index is 661. The van der Waals surface area contributed by atoms with Gasteiger partial charge in [0.05, 0.1) is 17.8 Å². The third kappa shape index (κ3) is 5.93. The average Bonchev–Trinajstić information content (AvgIpc) is 2.49. The van der Waals surface area contributed by atoms with Gasteiger partial charge in [-0.25, -0.2) is 0 Å². The predicted octanol–water partition coefficient (Wildman–Crippen LogP) is 2.18. The van der Waals surface area contributed by atoms with E-state index in [2.05, 4.69) is 5.32 Å². The van der Waals surface area contributed by atoms with E-state index in [1.165, 1.54) is 5.56 Å². The lowest BCUT2D eigenvalue weighted by atomic mass is 10.2. The summed E-state index contributed by atoms with van der Waals surface area (Å²) in [6.07, 6.45) is 0. The number of benzene rings is 2. The molecule has 1 amide bonds. The number of ether oxygens (including phenoxy) is 1. The number of hydrogen-bond acceptors (Lipinski definition) is 2. The zero-order valence-electron chi connectivity index (χ0n) is 13.4. The lowest BCUT2D eigenvalue weighted by Crippen LogP contribution is -3.10. The summed E-state index contributed by atoms with van der Waals surface area (Å²) < 4.78 is 5.70. The first-order valence-corrected chi connectivity index (χ1v) is 7.97. The fraction of sp³-hybridized carbons (Fsp3) is 0.278. The molecule has 1 atom stereocenters. The summed E-state index contributed by atoms with van der Waals surface area (Å²) in [6, 6.07) is 15.2. The highest BCUT2D eigenvalue weighted by molar-refractivity contribution is 6.33. The number of hydrogen-bond donors (Lipinski definition) is 2. The van der Waals surface area contributed by atoms with Crippen molar-refractivity contribution in [3.63, 3.8) is 0 Å². The quantitative estimate of drug-likeness (QED) is 0.815. The van der Waals surface area contributed by atoms with Crippen LogP contribution in [-0.4, -0.2) is 32.7 Å². The molecule has 0 aliphatic rings. The molecular weight excluding hydrogens is 312 g/mol. The van der Waals surface area contributed by atoms with Gasteiger partial charge in [-0.15, -0.1) is 0 Å². The van der Waals surface area contributed by atoms with E-state index in [4.69, 9.17) is 16.3 Å². The summed E-state index contributed by atoms with van der Waals surface area (Å²) in [5.74, 6) is 0.796. The van der Waals surface area contributed by atoms with Crippen LogP contribution in [0, 0.1) is 6.92 Å². The Morgan fingerprint density at radius 3 is 2.74 bits per heavy atom. The number of carbonyl (C=O) groups is 1. The van der Waals surface area contributed by atoms with Crippen LogP contribution in [0.2, 0.25) is 5.02 Å². The van der Waals surface area contributed by atoms with Crippen molar-refractivity contribution >= 4 is 23.2 Å². The molecule has 4 nitrogen and oxygen atoms in total. The smallest absolute Gasteiger partial charge is 0.279 e. The van der Waals surface area contributed by atoms with E-state index in [1.54, 1.807) is 12.1 Å². The normalized spacial score (nSPS) is 11.8. The molecule has 0 bridgehead atoms. The molecule has 0 aromatic heterocycles. The van der Waals surface area contributed by atoms with Crippen LogP contribution in [-0.2, 0) is 4.79 Å². The van der Waals surface area contributed by atoms with Crippen LogP contribution >= 0.6 is 11.6 Å². The van der Waals surface area contributed by atoms with Gasteiger partial charge in [0.1, 0.15) is 18.9 Å². The Morgan fingerprint density at radius 2 is 2.00 bits per heavy atom. The van der Waals surface area contributed by atoms with Crippen molar-refractivity contribution < 1.29 is 14.4 Å². The van der Waals surface area contributed by atoms with Crippen LogP contribution in [0.5, 0.6) is 5.75 Å². The van der Waals surface area contributed by atoms with E-state index in [0.29, 0.717) is 23.9 Å². The topological polar surface area (TPSA) is 42.8 Å². The molecule has 0 spiro atoms. The first-order valence-electron chi connectivity index (χ1n) is 7.60. The fourth-order valence-electron chi connectivity index (χ4n) is 2.17. The summed E-state index contributed by atoms with van der Waals surface area (Å²) >= 11 is 6.03. The summed E-state index contributed by atoms with van der Waals surface area (Å²) in [5, 5.41) is 3.37. The number of likely N-dealkylation sites (N-methyl/N-ethyl adjacent to an activating group) is 1. The highest BCUT2D eigenvalue weighted by Crippen LogP contribution is 2.19. The van der Waals surface area contributed by atoms with Crippen molar-refractivity contribution in [2.45, 2.75) is 6.92 Å². The van der Waals surface area contributed by atoms with Gasteiger partial charge < -0.3 is 15.0 Å². The predicted molar refractivity (Wildman–Crippen MR) is 93.4 cm³/mol. The maximum Gasteiger partial charge on any atom is 0.279 e. The minimum atomic E-state index is -0.0637. The van der Waals surface area contributed by atoms with Crippen LogP contribution in [0.1, 0.15) is 5.56 Å². The molecule has 2 rings (SSSR count). The molecule has 5 heteroatoms. The van der Waals surface area contributed by atoms with E-state index in [-0.39, 0.29) is 5.91 Å². The van der Waals surface area contributed by atoms with Gasteiger partial charge in [0, 0.05) is 0 Å². The summed E-state index contributed by atoms with van der Waals surface area (Å²) in [5.41, 5.74) is 1.81. The third-order valence-electron chi connectivity index (χ3n) is 3.40. The lowest BCUT2D eigenvalue weighted by molar-refractivity contribution is -0.871. The number of halogens is 1. The van der Waals surface area contributed by atoms with Crippen molar-refractivity contribution in [1.29, 1.82) is 0 Å². The molecule has 0 fully saturated rings. The van der Waals surface area contributed by atoms with Crippen molar-refractivity contribution in [3.05, 3.63) is 59.1 Å². The number of quaternary nitrogens is 1. The highest BCUT2D eigenvalue weighted by Gasteiger charge is 2.11. The largest absolute Gasteiger partial charge is 0.488 e. The van der Waals surface area contributed by atoms with Gasteiger partial charge in [-0.2, -0.15) is 0 Å². The van der Waals surface area contributed by atoms with E-state index >= 15 is 0 Å². The standard InChI is InChI=1S/C18H21ClN2O2/c1-14-6-5-7-15(12-14)23-11-10-21(2)13-18(22)20-17-9-4-3-8-16(17)19/h3-9,12H,10-11,13H2,1-2H3,(H,20,22)/p+1. The van der Waals surface area contributed by atoms with Crippen LogP contribution < -0.4 is 15.0 Å². The van der Waals surface area contributed by atoms with Gasteiger partial charge in [-0.1, -0.05) is 35.9 Å². The third-order valence-corrected chi connectivity index (χ3v) is 3.73. The van der Waals surface area contributed by atoms with Crippen molar-refractivity contribution in [3.8, 4) is 5.75 Å². The molecule has 0 saturated carbocycles. The Morgan fingerprint density at radius 1 is 1.22 bits per heavy atom. The van der Waals surface area contributed by atoms with Gasteiger partial charge >= 0.3 is 0 Å². The van der Waals surface area contributed by atoms with Crippen LogP contribution in [0.3, 0.4) is 0 Å². The van der Waals surface area contributed by atoms with Gasteiger partial charge in [-0.3, -0.25) is 4.79 Å². The molecule has 0 aliphatic heterocycles. The zero-order chi connectivity index (χ0) is 16.7. The SMILES string of the molecule is Cc1cccc(OCC[NH+](C)CC(=O)Nc2ccccc2Cl)c1. The molecule has 0 aliphatic carbocycles. The maximum absolute atomic E-state index is 12.0. The molecule has 23 heavy (non-hydrogen) atoms. The number of rotatable bonds is 7. The highest BCUT2D eigenvalue weighted by atomic mass is 35.5. The molecular formula is C18H22ClN2O2+. The number of carbonyl (C=O) groups excluding carboxylic acids is 1. The van der Waals surface area contributed by atoms with Crippen LogP contribution in [0.15, 0.2) is 48.5 Å². The summed E-state index contributed by atoms with van der Waals surface area (Å²) in [6.45, 7) is 3.70. The molecule has 122 valence electrons. The zero-order valence-corrected chi connectivity index (χ0v) is 14.2. The van der Waals surface area contributed by atoms with Crippen LogP contribution in [0.25, 0.3) is 0 Å². The minimum Gasteiger partial charge on any atom is -0.488 e. The number of para-hydroxylation sites is 1. The number of aryl methyl sites for hydroxylation is 1.